The Labute approximate surface area is 114 Å². The summed E-state index contributed by atoms with van der Waals surface area (Å²) in [5.41, 5.74) is 0.753. The number of rotatable bonds is 5. The molecule has 0 aliphatic rings. The van der Waals surface area contributed by atoms with E-state index in [0.717, 1.165) is 11.4 Å². The van der Waals surface area contributed by atoms with Crippen molar-refractivity contribution in [2.75, 3.05) is 5.32 Å². The van der Waals surface area contributed by atoms with E-state index in [1.54, 1.807) is 18.2 Å². The number of nitrogens with one attached hydrogen (secondary N) is 1. The quantitative estimate of drug-likeness (QED) is 0.671. The number of hydrogen-bond acceptors (Lipinski definition) is 6. The molecule has 2 aromatic rings. The van der Waals surface area contributed by atoms with Gasteiger partial charge < -0.3 is 5.32 Å². The Morgan fingerprint density at radius 2 is 2.16 bits per heavy atom. The Balaban J connectivity index is 2.20. The van der Waals surface area contributed by atoms with Crippen LogP contribution in [0.25, 0.3) is 0 Å². The van der Waals surface area contributed by atoms with E-state index in [2.05, 4.69) is 15.5 Å². The largest absolute Gasteiger partial charge is 0.353 e. The zero-order chi connectivity index (χ0) is 13.8. The number of aromatic nitrogens is 2. The fraction of sp³-hybridized carbons (Fsp3) is 0.333. The Morgan fingerprint density at radius 1 is 1.42 bits per heavy atom. The van der Waals surface area contributed by atoms with Gasteiger partial charge in [-0.3, -0.25) is 10.1 Å². The minimum atomic E-state index is -0.370. The Kier molecular flexibility index (Phi) is 4.06. The predicted octanol–water partition coefficient (Wildman–Crippen LogP) is 3.18. The summed E-state index contributed by atoms with van der Waals surface area (Å²) in [7, 11) is 0. The summed E-state index contributed by atoms with van der Waals surface area (Å²) in [5, 5.41) is 23.8. The van der Waals surface area contributed by atoms with Crippen LogP contribution < -0.4 is 5.32 Å². The predicted molar refractivity (Wildman–Crippen MR) is 74.4 cm³/mol. The second-order valence-corrected chi connectivity index (χ2v) is 5.10. The third-order valence-corrected chi connectivity index (χ3v) is 3.71. The Bertz CT molecular complexity index is 585. The fourth-order valence-electron chi connectivity index (χ4n) is 1.74. The van der Waals surface area contributed by atoms with Gasteiger partial charge in [0.2, 0.25) is 5.13 Å². The summed E-state index contributed by atoms with van der Waals surface area (Å²) in [6.45, 7) is 3.88. The number of para-hydroxylation sites is 1. The highest BCUT2D eigenvalue weighted by atomic mass is 32.1. The molecule has 6 nitrogen and oxygen atoms in total. The normalized spacial score (nSPS) is 12.1. The summed E-state index contributed by atoms with van der Waals surface area (Å²) in [6.07, 6.45) is 0.833. The van der Waals surface area contributed by atoms with Crippen molar-refractivity contribution in [1.29, 1.82) is 0 Å². The van der Waals surface area contributed by atoms with Crippen LogP contribution in [0.3, 0.4) is 0 Å². The monoisotopic (exact) mass is 278 g/mol. The minimum Gasteiger partial charge on any atom is -0.353 e. The minimum absolute atomic E-state index is 0.114. The second-order valence-electron chi connectivity index (χ2n) is 4.04. The smallest absolute Gasteiger partial charge is 0.274 e. The highest BCUT2D eigenvalue weighted by molar-refractivity contribution is 7.15. The Morgan fingerprint density at radius 3 is 2.79 bits per heavy atom. The number of nitrogens with zero attached hydrogens (tertiary/aromatic N) is 3. The van der Waals surface area contributed by atoms with Gasteiger partial charge in [-0.15, -0.1) is 10.2 Å². The van der Waals surface area contributed by atoms with Gasteiger partial charge in [0, 0.05) is 6.07 Å². The van der Waals surface area contributed by atoms with Crippen molar-refractivity contribution >= 4 is 22.2 Å². The van der Waals surface area contributed by atoms with Gasteiger partial charge in [-0.1, -0.05) is 36.5 Å². The van der Waals surface area contributed by atoms with Crippen molar-refractivity contribution in [3.63, 3.8) is 0 Å². The molecule has 0 saturated heterocycles. The number of nitro groups is 1. The lowest BCUT2D eigenvalue weighted by Crippen LogP contribution is -2.08. The molecule has 1 unspecified atom stereocenters. The molecular formula is C12H14N4O2S. The first-order valence-corrected chi connectivity index (χ1v) is 6.75. The van der Waals surface area contributed by atoms with Crippen LogP contribution in [0.5, 0.6) is 0 Å². The topological polar surface area (TPSA) is 81.0 Å². The first-order valence-electron chi connectivity index (χ1n) is 5.94. The molecule has 0 radical (unpaired) electrons. The van der Waals surface area contributed by atoms with Gasteiger partial charge in [0.15, 0.2) is 0 Å². The molecule has 0 amide bonds. The summed E-state index contributed by atoms with van der Waals surface area (Å²) < 4.78 is 0. The zero-order valence-corrected chi connectivity index (χ0v) is 11.5. The van der Waals surface area contributed by atoms with Crippen LogP contribution in [-0.4, -0.2) is 15.1 Å². The van der Waals surface area contributed by atoms with Gasteiger partial charge in [-0.05, 0) is 13.3 Å². The van der Waals surface area contributed by atoms with E-state index in [1.807, 2.05) is 13.8 Å². The highest BCUT2D eigenvalue weighted by Crippen LogP contribution is 2.28. The van der Waals surface area contributed by atoms with Gasteiger partial charge in [0.05, 0.1) is 16.5 Å². The van der Waals surface area contributed by atoms with Crippen molar-refractivity contribution < 1.29 is 4.92 Å². The summed E-state index contributed by atoms with van der Waals surface area (Å²) in [6, 6.07) is 6.51. The van der Waals surface area contributed by atoms with E-state index in [1.165, 1.54) is 17.4 Å². The molecule has 0 bridgehead atoms. The molecule has 1 aromatic carbocycles. The van der Waals surface area contributed by atoms with Gasteiger partial charge in [-0.25, -0.2) is 0 Å². The molecule has 1 atom stereocenters. The molecule has 100 valence electrons. The summed E-state index contributed by atoms with van der Waals surface area (Å²) in [5.74, 6) is 0. The first-order chi connectivity index (χ1) is 9.11. The fourth-order valence-corrected chi connectivity index (χ4v) is 2.50. The molecule has 0 aliphatic carbocycles. The van der Waals surface area contributed by atoms with Gasteiger partial charge >= 0.3 is 0 Å². The average molecular weight is 278 g/mol. The molecular weight excluding hydrogens is 264 g/mol. The van der Waals surface area contributed by atoms with E-state index in [-0.39, 0.29) is 16.7 Å². The number of nitro benzene ring substituents is 1. The van der Waals surface area contributed by atoms with E-state index in [4.69, 9.17) is 0 Å². The average Bonchev–Trinajstić information content (AvgIpc) is 2.86. The summed E-state index contributed by atoms with van der Waals surface area (Å²) >= 11 is 1.47. The maximum Gasteiger partial charge on any atom is 0.274 e. The molecule has 19 heavy (non-hydrogen) atoms. The molecule has 7 heteroatoms. The molecule has 1 N–H and O–H groups in total. The summed E-state index contributed by atoms with van der Waals surface area (Å²) in [4.78, 5) is 10.6. The SMILES string of the molecule is CCc1nnc(NC(C)c2ccccc2[N+](=O)[O-])s1. The van der Waals surface area contributed by atoms with E-state index in [9.17, 15) is 10.1 Å². The van der Waals surface area contributed by atoms with E-state index in [0.29, 0.717) is 10.7 Å². The number of anilines is 1. The zero-order valence-electron chi connectivity index (χ0n) is 10.7. The second kappa shape index (κ2) is 5.75. The molecule has 0 aliphatic heterocycles. The number of aryl methyl sites for hydroxylation is 1. The third-order valence-electron chi connectivity index (χ3n) is 2.71. The van der Waals surface area contributed by atoms with Gasteiger partial charge in [-0.2, -0.15) is 0 Å². The molecule has 0 fully saturated rings. The number of benzene rings is 1. The lowest BCUT2D eigenvalue weighted by molar-refractivity contribution is -0.385. The number of hydrogen-bond donors (Lipinski definition) is 1. The van der Waals surface area contributed by atoms with Crippen molar-refractivity contribution in [2.45, 2.75) is 26.3 Å². The molecule has 2 rings (SSSR count). The standard InChI is InChI=1S/C12H14N4O2S/c1-3-11-14-15-12(19-11)13-8(2)9-6-4-5-7-10(9)16(17)18/h4-8H,3H2,1-2H3,(H,13,15). The van der Waals surface area contributed by atoms with Crippen LogP contribution >= 0.6 is 11.3 Å². The molecule has 1 aromatic heterocycles. The van der Waals surface area contributed by atoms with Crippen molar-refractivity contribution in [3.05, 3.63) is 45.0 Å². The van der Waals surface area contributed by atoms with Crippen molar-refractivity contribution in [1.82, 2.24) is 10.2 Å². The van der Waals surface area contributed by atoms with Gasteiger partial charge in [0.1, 0.15) is 5.01 Å². The van der Waals surface area contributed by atoms with Gasteiger partial charge in [0.25, 0.3) is 5.69 Å². The Hall–Kier alpha value is -2.02. The van der Waals surface area contributed by atoms with Crippen LogP contribution in [0.15, 0.2) is 24.3 Å². The van der Waals surface area contributed by atoms with Crippen LogP contribution in [0, 0.1) is 10.1 Å². The highest BCUT2D eigenvalue weighted by Gasteiger charge is 2.18. The third kappa shape index (κ3) is 3.05. The van der Waals surface area contributed by atoms with Crippen LogP contribution in [0.4, 0.5) is 10.8 Å². The first kappa shape index (κ1) is 13.4. The molecule has 0 spiro atoms. The van der Waals surface area contributed by atoms with E-state index >= 15 is 0 Å². The maximum atomic E-state index is 11.0. The maximum absolute atomic E-state index is 11.0. The van der Waals surface area contributed by atoms with E-state index < -0.39 is 0 Å². The molecule has 0 saturated carbocycles. The van der Waals surface area contributed by atoms with Crippen LogP contribution in [0.1, 0.15) is 30.5 Å². The lowest BCUT2D eigenvalue weighted by Gasteiger charge is -2.12. The van der Waals surface area contributed by atoms with Crippen molar-refractivity contribution in [2.24, 2.45) is 0 Å². The lowest BCUT2D eigenvalue weighted by atomic mass is 10.1. The van der Waals surface area contributed by atoms with Crippen molar-refractivity contribution in [3.8, 4) is 0 Å². The van der Waals surface area contributed by atoms with Crippen LogP contribution in [0.2, 0.25) is 0 Å². The van der Waals surface area contributed by atoms with Crippen LogP contribution in [-0.2, 0) is 6.42 Å². The molecule has 1 heterocycles.